The fourth-order valence-electron chi connectivity index (χ4n) is 0.803. The molecule has 0 saturated carbocycles. The van der Waals surface area contributed by atoms with Crippen molar-refractivity contribution in [2.45, 2.75) is 19.8 Å². The number of hydrogen-bond acceptors (Lipinski definition) is 2. The van der Waals surface area contributed by atoms with Crippen molar-refractivity contribution in [1.29, 1.82) is 0 Å². The monoisotopic (exact) mass is 159 g/mol. The normalized spacial score (nSPS) is 12.7. The van der Waals surface area contributed by atoms with Crippen molar-refractivity contribution in [2.75, 3.05) is 20.7 Å². The minimum atomic E-state index is 0.131. The molecule has 0 radical (unpaired) electrons. The SMILES string of the molecule is CC(CCO)CC(=O)N(C)C. The molecule has 0 aromatic heterocycles. The maximum Gasteiger partial charge on any atom is 0.222 e. The van der Waals surface area contributed by atoms with Crippen molar-refractivity contribution >= 4 is 5.91 Å². The van der Waals surface area contributed by atoms with Gasteiger partial charge in [-0.2, -0.15) is 0 Å². The highest BCUT2D eigenvalue weighted by Crippen LogP contribution is 2.07. The molecule has 0 aliphatic rings. The third kappa shape index (κ3) is 4.79. The molecular formula is C8H17NO2. The van der Waals surface area contributed by atoms with E-state index in [1.807, 2.05) is 6.92 Å². The number of rotatable bonds is 4. The van der Waals surface area contributed by atoms with Gasteiger partial charge in [0, 0.05) is 27.1 Å². The number of nitrogens with zero attached hydrogens (tertiary/aromatic N) is 1. The Morgan fingerprint density at radius 1 is 1.55 bits per heavy atom. The van der Waals surface area contributed by atoms with Gasteiger partial charge in [0.25, 0.3) is 0 Å². The quantitative estimate of drug-likeness (QED) is 0.648. The number of aliphatic hydroxyl groups is 1. The Morgan fingerprint density at radius 3 is 2.45 bits per heavy atom. The molecule has 1 unspecified atom stereocenters. The van der Waals surface area contributed by atoms with Crippen LogP contribution in [0.15, 0.2) is 0 Å². The Hall–Kier alpha value is -0.570. The summed E-state index contributed by atoms with van der Waals surface area (Å²) in [5.74, 6) is 0.417. The van der Waals surface area contributed by atoms with E-state index >= 15 is 0 Å². The summed E-state index contributed by atoms with van der Waals surface area (Å²) in [6, 6.07) is 0. The van der Waals surface area contributed by atoms with Gasteiger partial charge in [0.15, 0.2) is 0 Å². The van der Waals surface area contributed by atoms with Crippen LogP contribution in [0.2, 0.25) is 0 Å². The summed E-state index contributed by atoms with van der Waals surface area (Å²) in [6.45, 7) is 2.14. The van der Waals surface area contributed by atoms with Crippen molar-refractivity contribution in [1.82, 2.24) is 4.90 Å². The minimum absolute atomic E-state index is 0.131. The molecular weight excluding hydrogens is 142 g/mol. The first-order chi connectivity index (χ1) is 5.07. The molecule has 3 heteroatoms. The lowest BCUT2D eigenvalue weighted by Crippen LogP contribution is -2.23. The van der Waals surface area contributed by atoms with Crippen LogP contribution in [0.1, 0.15) is 19.8 Å². The molecule has 0 spiro atoms. The Kier molecular flexibility index (Phi) is 4.86. The van der Waals surface area contributed by atoms with Crippen LogP contribution < -0.4 is 0 Å². The molecule has 1 N–H and O–H groups in total. The topological polar surface area (TPSA) is 40.5 Å². The summed E-state index contributed by atoms with van der Waals surface area (Å²) >= 11 is 0. The molecule has 0 aliphatic carbocycles. The first-order valence-electron chi connectivity index (χ1n) is 3.89. The van der Waals surface area contributed by atoms with Gasteiger partial charge in [-0.05, 0) is 12.3 Å². The Morgan fingerprint density at radius 2 is 2.09 bits per heavy atom. The van der Waals surface area contributed by atoms with E-state index in [1.54, 1.807) is 19.0 Å². The predicted molar refractivity (Wildman–Crippen MR) is 44.2 cm³/mol. The molecule has 0 aromatic rings. The van der Waals surface area contributed by atoms with Gasteiger partial charge in [0.2, 0.25) is 5.91 Å². The molecule has 0 fully saturated rings. The van der Waals surface area contributed by atoms with Gasteiger partial charge in [0.05, 0.1) is 0 Å². The van der Waals surface area contributed by atoms with Gasteiger partial charge in [-0.25, -0.2) is 0 Å². The summed E-state index contributed by atoms with van der Waals surface area (Å²) in [4.78, 5) is 12.6. The summed E-state index contributed by atoms with van der Waals surface area (Å²) in [5, 5.41) is 8.56. The second-order valence-electron chi connectivity index (χ2n) is 3.11. The van der Waals surface area contributed by atoms with Crippen LogP contribution in [0.5, 0.6) is 0 Å². The zero-order valence-corrected chi connectivity index (χ0v) is 7.50. The second-order valence-corrected chi connectivity index (χ2v) is 3.11. The highest BCUT2D eigenvalue weighted by Gasteiger charge is 2.09. The average Bonchev–Trinajstić information content (AvgIpc) is 1.87. The first-order valence-corrected chi connectivity index (χ1v) is 3.89. The standard InChI is InChI=1S/C8H17NO2/c1-7(4-5-10)6-8(11)9(2)3/h7,10H,4-6H2,1-3H3. The molecule has 3 nitrogen and oxygen atoms in total. The van der Waals surface area contributed by atoms with E-state index in [1.165, 1.54) is 0 Å². The molecule has 1 atom stereocenters. The van der Waals surface area contributed by atoms with Crippen molar-refractivity contribution in [2.24, 2.45) is 5.92 Å². The molecule has 0 rings (SSSR count). The van der Waals surface area contributed by atoms with E-state index in [0.717, 1.165) is 0 Å². The van der Waals surface area contributed by atoms with Crippen molar-refractivity contribution in [3.05, 3.63) is 0 Å². The molecule has 1 amide bonds. The first kappa shape index (κ1) is 10.4. The van der Waals surface area contributed by atoms with Crippen LogP contribution in [0.4, 0.5) is 0 Å². The van der Waals surface area contributed by atoms with Gasteiger partial charge in [-0.1, -0.05) is 6.92 Å². The largest absolute Gasteiger partial charge is 0.396 e. The van der Waals surface area contributed by atoms with Gasteiger partial charge >= 0.3 is 0 Å². The molecule has 0 heterocycles. The predicted octanol–water partition coefficient (Wildman–Crippen LogP) is 0.483. The molecule has 0 aliphatic heterocycles. The number of aliphatic hydroxyl groups excluding tert-OH is 1. The number of hydrogen-bond donors (Lipinski definition) is 1. The van der Waals surface area contributed by atoms with Crippen molar-refractivity contribution in [3.63, 3.8) is 0 Å². The summed E-state index contributed by atoms with van der Waals surface area (Å²) in [6.07, 6.45) is 1.24. The minimum Gasteiger partial charge on any atom is -0.396 e. The van der Waals surface area contributed by atoms with Crippen LogP contribution in [-0.4, -0.2) is 36.6 Å². The lowest BCUT2D eigenvalue weighted by molar-refractivity contribution is -0.129. The lowest BCUT2D eigenvalue weighted by atomic mass is 10.0. The number of carbonyl (C=O) groups excluding carboxylic acids is 1. The zero-order valence-electron chi connectivity index (χ0n) is 7.50. The highest BCUT2D eigenvalue weighted by molar-refractivity contribution is 5.75. The Balaban J connectivity index is 3.57. The number of carbonyl (C=O) groups is 1. The lowest BCUT2D eigenvalue weighted by Gasteiger charge is -2.13. The smallest absolute Gasteiger partial charge is 0.222 e. The van der Waals surface area contributed by atoms with E-state index in [0.29, 0.717) is 12.8 Å². The highest BCUT2D eigenvalue weighted by atomic mass is 16.3. The average molecular weight is 159 g/mol. The van der Waals surface area contributed by atoms with E-state index in [-0.39, 0.29) is 18.4 Å². The van der Waals surface area contributed by atoms with Crippen LogP contribution in [0, 0.1) is 5.92 Å². The Bertz CT molecular complexity index is 123. The summed E-state index contributed by atoms with van der Waals surface area (Å²) in [7, 11) is 3.49. The molecule has 0 aromatic carbocycles. The molecule has 0 saturated heterocycles. The van der Waals surface area contributed by atoms with Gasteiger partial charge in [-0.15, -0.1) is 0 Å². The van der Waals surface area contributed by atoms with Crippen LogP contribution in [0.3, 0.4) is 0 Å². The van der Waals surface area contributed by atoms with Crippen LogP contribution in [0.25, 0.3) is 0 Å². The third-order valence-electron chi connectivity index (χ3n) is 1.64. The molecule has 0 bridgehead atoms. The van der Waals surface area contributed by atoms with Gasteiger partial charge in [-0.3, -0.25) is 4.79 Å². The van der Waals surface area contributed by atoms with E-state index in [4.69, 9.17) is 5.11 Å². The van der Waals surface area contributed by atoms with E-state index < -0.39 is 0 Å². The molecule has 66 valence electrons. The second kappa shape index (κ2) is 5.13. The fraction of sp³-hybridized carbons (Fsp3) is 0.875. The van der Waals surface area contributed by atoms with Gasteiger partial charge in [0.1, 0.15) is 0 Å². The Labute approximate surface area is 68.0 Å². The summed E-state index contributed by atoms with van der Waals surface area (Å²) < 4.78 is 0. The molecule has 11 heavy (non-hydrogen) atoms. The van der Waals surface area contributed by atoms with Crippen molar-refractivity contribution < 1.29 is 9.90 Å². The zero-order chi connectivity index (χ0) is 8.85. The fourth-order valence-corrected chi connectivity index (χ4v) is 0.803. The maximum atomic E-state index is 11.1. The summed E-state index contributed by atoms with van der Waals surface area (Å²) in [5.41, 5.74) is 0. The van der Waals surface area contributed by atoms with E-state index in [9.17, 15) is 4.79 Å². The van der Waals surface area contributed by atoms with Crippen molar-refractivity contribution in [3.8, 4) is 0 Å². The van der Waals surface area contributed by atoms with Gasteiger partial charge < -0.3 is 10.0 Å². The van der Waals surface area contributed by atoms with E-state index in [2.05, 4.69) is 0 Å². The van der Waals surface area contributed by atoms with Crippen LogP contribution >= 0.6 is 0 Å². The number of amides is 1. The third-order valence-corrected chi connectivity index (χ3v) is 1.64. The maximum absolute atomic E-state index is 11.1. The van der Waals surface area contributed by atoms with Crippen LogP contribution in [-0.2, 0) is 4.79 Å².